The number of benzene rings is 1. The number of methoxy groups -OCH3 is 2. The van der Waals surface area contributed by atoms with Gasteiger partial charge in [-0.2, -0.15) is 0 Å². The van der Waals surface area contributed by atoms with E-state index in [1.165, 1.54) is 5.56 Å². The summed E-state index contributed by atoms with van der Waals surface area (Å²) >= 11 is 1.59. The van der Waals surface area contributed by atoms with Crippen LogP contribution in [0.25, 0.3) is 0 Å². The van der Waals surface area contributed by atoms with Crippen molar-refractivity contribution < 1.29 is 14.6 Å². The number of aliphatic hydroxyl groups is 1. The van der Waals surface area contributed by atoms with Gasteiger partial charge in [0, 0.05) is 30.0 Å². The number of rotatable bonds is 5. The summed E-state index contributed by atoms with van der Waals surface area (Å²) < 4.78 is 10.8. The molecule has 0 spiro atoms. The molecule has 0 radical (unpaired) electrons. The van der Waals surface area contributed by atoms with Gasteiger partial charge in [-0.3, -0.25) is 0 Å². The van der Waals surface area contributed by atoms with Gasteiger partial charge in [0.1, 0.15) is 11.5 Å². The number of anilines is 1. The van der Waals surface area contributed by atoms with E-state index in [-0.39, 0.29) is 6.61 Å². The number of aliphatic hydroxyl groups excluding tert-OH is 1. The molecule has 2 aromatic rings. The molecule has 1 aliphatic rings. The van der Waals surface area contributed by atoms with E-state index in [0.717, 1.165) is 41.8 Å². The number of thiazole rings is 1. The summed E-state index contributed by atoms with van der Waals surface area (Å²) in [5.41, 5.74) is 1.92. The quantitative estimate of drug-likeness (QED) is 0.918. The first kappa shape index (κ1) is 15.1. The first-order valence-electron chi connectivity index (χ1n) is 7.27. The molecule has 0 saturated carbocycles. The van der Waals surface area contributed by atoms with Crippen LogP contribution in [0.1, 0.15) is 23.6 Å². The van der Waals surface area contributed by atoms with Crippen molar-refractivity contribution in [3.05, 3.63) is 34.8 Å². The van der Waals surface area contributed by atoms with E-state index in [1.807, 2.05) is 17.5 Å². The van der Waals surface area contributed by atoms with Crippen LogP contribution in [-0.4, -0.2) is 37.4 Å². The summed E-state index contributed by atoms with van der Waals surface area (Å²) in [5, 5.41) is 12.0. The summed E-state index contributed by atoms with van der Waals surface area (Å²) in [5.74, 6) is 2.15. The maximum Gasteiger partial charge on any atom is 0.185 e. The minimum Gasteiger partial charge on any atom is -0.497 e. The maximum absolute atomic E-state index is 9.14. The zero-order valence-corrected chi connectivity index (χ0v) is 13.6. The fraction of sp³-hybridized carbons (Fsp3) is 0.438. The van der Waals surface area contributed by atoms with Crippen molar-refractivity contribution >= 4 is 16.5 Å². The summed E-state index contributed by atoms with van der Waals surface area (Å²) in [7, 11) is 3.38. The van der Waals surface area contributed by atoms with Crippen LogP contribution in [-0.2, 0) is 6.61 Å². The zero-order chi connectivity index (χ0) is 15.5. The van der Waals surface area contributed by atoms with Crippen molar-refractivity contribution in [3.63, 3.8) is 0 Å². The summed E-state index contributed by atoms with van der Waals surface area (Å²) in [6, 6.07) is 5.95. The van der Waals surface area contributed by atoms with Gasteiger partial charge in [0.15, 0.2) is 5.13 Å². The molecule has 0 bridgehead atoms. The van der Waals surface area contributed by atoms with Crippen LogP contribution >= 0.6 is 11.3 Å². The summed E-state index contributed by atoms with van der Waals surface area (Å²) in [4.78, 5) is 6.72. The highest BCUT2D eigenvalue weighted by Crippen LogP contribution is 2.38. The molecule has 1 saturated heterocycles. The highest BCUT2D eigenvalue weighted by atomic mass is 32.1. The molecule has 5 nitrogen and oxygen atoms in total. The highest BCUT2D eigenvalue weighted by Gasteiger charge is 2.28. The van der Waals surface area contributed by atoms with E-state index in [2.05, 4.69) is 16.0 Å². The number of nitrogens with zero attached hydrogens (tertiary/aromatic N) is 2. The molecule has 1 atom stereocenters. The molecule has 1 aromatic carbocycles. The largest absolute Gasteiger partial charge is 0.497 e. The van der Waals surface area contributed by atoms with Crippen molar-refractivity contribution in [2.45, 2.75) is 18.9 Å². The fourth-order valence-electron chi connectivity index (χ4n) is 2.86. The lowest BCUT2D eigenvalue weighted by Crippen LogP contribution is -2.19. The van der Waals surface area contributed by atoms with Crippen molar-refractivity contribution in [2.75, 3.05) is 32.2 Å². The third-order valence-electron chi connectivity index (χ3n) is 4.04. The molecule has 0 aliphatic carbocycles. The molecular formula is C16H20N2O3S. The molecule has 2 heterocycles. The molecule has 3 rings (SSSR count). The fourth-order valence-corrected chi connectivity index (χ4v) is 3.71. The van der Waals surface area contributed by atoms with Gasteiger partial charge >= 0.3 is 0 Å². The van der Waals surface area contributed by atoms with Crippen LogP contribution < -0.4 is 14.4 Å². The Hall–Kier alpha value is -1.79. The average Bonchev–Trinajstić information content (AvgIpc) is 3.22. The summed E-state index contributed by atoms with van der Waals surface area (Å²) in [6.45, 7) is 1.86. The average molecular weight is 320 g/mol. The first-order chi connectivity index (χ1) is 10.7. The van der Waals surface area contributed by atoms with Crippen molar-refractivity contribution in [1.29, 1.82) is 0 Å². The van der Waals surface area contributed by atoms with Gasteiger partial charge in [0.2, 0.25) is 0 Å². The van der Waals surface area contributed by atoms with E-state index in [4.69, 9.17) is 14.6 Å². The third-order valence-corrected chi connectivity index (χ3v) is 4.99. The molecule has 22 heavy (non-hydrogen) atoms. The van der Waals surface area contributed by atoms with Crippen LogP contribution in [0.5, 0.6) is 11.5 Å². The Labute approximate surface area is 134 Å². The topological polar surface area (TPSA) is 54.8 Å². The SMILES string of the molecule is COc1ccc(OC)c([C@H]2CCN(c3nc(CO)cs3)C2)c1. The van der Waals surface area contributed by atoms with Gasteiger partial charge in [-0.15, -0.1) is 11.3 Å². The number of aromatic nitrogens is 1. The van der Waals surface area contributed by atoms with Gasteiger partial charge in [-0.05, 0) is 24.6 Å². The summed E-state index contributed by atoms with van der Waals surface area (Å²) in [6.07, 6.45) is 1.05. The van der Waals surface area contributed by atoms with E-state index >= 15 is 0 Å². The van der Waals surface area contributed by atoms with Crippen molar-refractivity contribution in [1.82, 2.24) is 4.98 Å². The molecular weight excluding hydrogens is 300 g/mol. The van der Waals surface area contributed by atoms with Crippen LogP contribution in [0.15, 0.2) is 23.6 Å². The van der Waals surface area contributed by atoms with Gasteiger partial charge < -0.3 is 19.5 Å². The van der Waals surface area contributed by atoms with E-state index < -0.39 is 0 Å². The molecule has 0 unspecified atom stereocenters. The van der Waals surface area contributed by atoms with E-state index in [9.17, 15) is 0 Å². The molecule has 1 fully saturated rings. The minimum atomic E-state index is -0.00250. The predicted octanol–water partition coefficient (Wildman–Crippen LogP) is 2.65. The van der Waals surface area contributed by atoms with Crippen molar-refractivity contribution in [3.8, 4) is 11.5 Å². The zero-order valence-electron chi connectivity index (χ0n) is 12.8. The lowest BCUT2D eigenvalue weighted by atomic mass is 9.97. The Bertz CT molecular complexity index is 644. The van der Waals surface area contributed by atoms with Crippen LogP contribution in [0, 0.1) is 0 Å². The monoisotopic (exact) mass is 320 g/mol. The van der Waals surface area contributed by atoms with Gasteiger partial charge in [0.05, 0.1) is 26.5 Å². The Balaban J connectivity index is 1.80. The Morgan fingerprint density at radius 2 is 2.23 bits per heavy atom. The smallest absolute Gasteiger partial charge is 0.185 e. The number of ether oxygens (including phenoxy) is 2. The molecule has 0 amide bonds. The first-order valence-corrected chi connectivity index (χ1v) is 8.15. The van der Waals surface area contributed by atoms with E-state index in [1.54, 1.807) is 25.6 Å². The van der Waals surface area contributed by atoms with Crippen LogP contribution in [0.3, 0.4) is 0 Å². The Morgan fingerprint density at radius 1 is 1.36 bits per heavy atom. The molecule has 1 N–H and O–H groups in total. The Kier molecular flexibility index (Phi) is 4.49. The van der Waals surface area contributed by atoms with Gasteiger partial charge in [-0.1, -0.05) is 0 Å². The third kappa shape index (κ3) is 2.89. The number of hydrogen-bond acceptors (Lipinski definition) is 6. The lowest BCUT2D eigenvalue weighted by molar-refractivity contribution is 0.277. The minimum absolute atomic E-state index is 0.00250. The molecule has 1 aliphatic heterocycles. The second-order valence-electron chi connectivity index (χ2n) is 5.32. The second kappa shape index (κ2) is 6.54. The standard InChI is InChI=1S/C16H20N2O3S/c1-20-13-3-4-15(21-2)14(7-13)11-5-6-18(8-11)16-17-12(9-19)10-22-16/h3-4,7,10-11,19H,5-6,8-9H2,1-2H3/t11-/m0/s1. The normalized spacial score (nSPS) is 17.8. The maximum atomic E-state index is 9.14. The van der Waals surface area contributed by atoms with E-state index in [0.29, 0.717) is 5.92 Å². The molecule has 6 heteroatoms. The van der Waals surface area contributed by atoms with Crippen LogP contribution in [0.4, 0.5) is 5.13 Å². The van der Waals surface area contributed by atoms with Gasteiger partial charge in [0.25, 0.3) is 0 Å². The van der Waals surface area contributed by atoms with Crippen molar-refractivity contribution in [2.24, 2.45) is 0 Å². The number of hydrogen-bond donors (Lipinski definition) is 1. The predicted molar refractivity (Wildman–Crippen MR) is 87.2 cm³/mol. The molecule has 1 aromatic heterocycles. The highest BCUT2D eigenvalue weighted by molar-refractivity contribution is 7.13. The molecule has 118 valence electrons. The second-order valence-corrected chi connectivity index (χ2v) is 6.16. The van der Waals surface area contributed by atoms with Crippen LogP contribution in [0.2, 0.25) is 0 Å². The lowest BCUT2D eigenvalue weighted by Gasteiger charge is -2.17. The Morgan fingerprint density at radius 3 is 2.91 bits per heavy atom. The van der Waals surface area contributed by atoms with Gasteiger partial charge in [-0.25, -0.2) is 4.98 Å².